The maximum atomic E-state index is 13.1. The average Bonchev–Trinajstić information content (AvgIpc) is 3.37. The molecule has 0 spiro atoms. The second-order valence-electron chi connectivity index (χ2n) is 7.74. The zero-order chi connectivity index (χ0) is 16.5. The largest absolute Gasteiger partial charge is 0.377 e. The van der Waals surface area contributed by atoms with Crippen LogP contribution >= 0.6 is 0 Å². The third-order valence-electron chi connectivity index (χ3n) is 6.42. The number of ether oxygens (including phenoxy) is 1. The highest BCUT2D eigenvalue weighted by atomic mass is 16.6. The number of epoxide rings is 1. The van der Waals surface area contributed by atoms with E-state index in [0.717, 1.165) is 25.2 Å². The Kier molecular flexibility index (Phi) is 2.92. The summed E-state index contributed by atoms with van der Waals surface area (Å²) >= 11 is 0. The zero-order valence-electron chi connectivity index (χ0n) is 13.9. The second kappa shape index (κ2) is 4.75. The molecular weight excluding hydrogens is 304 g/mol. The van der Waals surface area contributed by atoms with Crippen LogP contribution in [-0.2, 0) is 15.1 Å². The minimum atomic E-state index is -1.44. The number of aliphatic hydroxyl groups is 1. The molecule has 5 atom stereocenters. The quantitative estimate of drug-likeness (QED) is 0.799. The van der Waals surface area contributed by atoms with Gasteiger partial charge in [-0.1, -0.05) is 25.1 Å². The second-order valence-corrected chi connectivity index (χ2v) is 7.74. The lowest BCUT2D eigenvalue weighted by Gasteiger charge is -2.39. The van der Waals surface area contributed by atoms with Crippen LogP contribution in [0.2, 0.25) is 0 Å². The van der Waals surface area contributed by atoms with E-state index < -0.39 is 5.60 Å². The molecule has 4 bridgehead atoms. The first-order valence-corrected chi connectivity index (χ1v) is 8.88. The summed E-state index contributed by atoms with van der Waals surface area (Å²) in [5, 5.41) is 11.3. The molecule has 5 heteroatoms. The van der Waals surface area contributed by atoms with Crippen molar-refractivity contribution in [3.8, 4) is 0 Å². The molecule has 5 rings (SSSR count). The highest BCUT2D eigenvalue weighted by Gasteiger charge is 2.60. The van der Waals surface area contributed by atoms with Crippen LogP contribution in [-0.4, -0.2) is 53.3 Å². The summed E-state index contributed by atoms with van der Waals surface area (Å²) < 4.78 is 5.93. The van der Waals surface area contributed by atoms with Gasteiger partial charge in [0.1, 0.15) is 0 Å². The van der Waals surface area contributed by atoms with E-state index in [1.807, 2.05) is 24.3 Å². The number of hydrogen-bond acceptors (Lipinski definition) is 5. The van der Waals surface area contributed by atoms with Gasteiger partial charge in [-0.05, 0) is 12.5 Å². The van der Waals surface area contributed by atoms with Gasteiger partial charge in [0.15, 0.2) is 5.60 Å². The predicted molar refractivity (Wildman–Crippen MR) is 89.5 cm³/mol. The topological polar surface area (TPSA) is 65.4 Å². The van der Waals surface area contributed by atoms with Gasteiger partial charge < -0.3 is 9.84 Å². The van der Waals surface area contributed by atoms with Crippen molar-refractivity contribution in [1.82, 2.24) is 4.90 Å². The maximum absolute atomic E-state index is 13.1. The molecule has 0 aromatic heterocycles. The van der Waals surface area contributed by atoms with E-state index in [0.29, 0.717) is 30.7 Å². The highest BCUT2D eigenvalue weighted by Crippen LogP contribution is 2.51. The number of nitrogens with zero attached hydrogens (tertiary/aromatic N) is 2. The number of ketones is 1. The van der Waals surface area contributed by atoms with Crippen molar-refractivity contribution in [2.24, 2.45) is 10.4 Å². The number of aliphatic imine (C=N–C) groups is 1. The molecule has 0 radical (unpaired) electrons. The summed E-state index contributed by atoms with van der Waals surface area (Å²) in [7, 11) is 0. The van der Waals surface area contributed by atoms with Crippen molar-refractivity contribution in [2.75, 3.05) is 19.6 Å². The van der Waals surface area contributed by atoms with E-state index in [1.54, 1.807) is 0 Å². The van der Waals surface area contributed by atoms with Gasteiger partial charge in [0.25, 0.3) is 0 Å². The minimum absolute atomic E-state index is 0.0606. The zero-order valence-corrected chi connectivity index (χ0v) is 13.9. The first-order chi connectivity index (χ1) is 11.6. The summed E-state index contributed by atoms with van der Waals surface area (Å²) in [6.07, 6.45) is 2.48. The molecule has 24 heavy (non-hydrogen) atoms. The van der Waals surface area contributed by atoms with Crippen LogP contribution in [0, 0.1) is 5.41 Å². The molecular formula is C19H22N2O3. The lowest BCUT2D eigenvalue weighted by molar-refractivity contribution is -0.132. The Morgan fingerprint density at radius 3 is 3.08 bits per heavy atom. The third-order valence-corrected chi connectivity index (χ3v) is 6.42. The predicted octanol–water partition coefficient (Wildman–Crippen LogP) is 1.80. The average molecular weight is 326 g/mol. The highest BCUT2D eigenvalue weighted by molar-refractivity contribution is 6.44. The molecule has 4 aliphatic heterocycles. The van der Waals surface area contributed by atoms with Crippen LogP contribution in [0.4, 0.5) is 5.69 Å². The van der Waals surface area contributed by atoms with Gasteiger partial charge in [-0.25, -0.2) is 4.99 Å². The van der Waals surface area contributed by atoms with Crippen molar-refractivity contribution in [1.29, 1.82) is 0 Å². The molecule has 3 fully saturated rings. The van der Waals surface area contributed by atoms with Gasteiger partial charge in [-0.15, -0.1) is 0 Å². The summed E-state index contributed by atoms with van der Waals surface area (Å²) in [4.78, 5) is 20.2. The van der Waals surface area contributed by atoms with Gasteiger partial charge in [0.2, 0.25) is 5.78 Å². The lowest BCUT2D eigenvalue weighted by Crippen LogP contribution is -2.49. The molecule has 5 nitrogen and oxygen atoms in total. The van der Waals surface area contributed by atoms with Crippen molar-refractivity contribution in [3.05, 3.63) is 29.8 Å². The number of piperidine rings is 1. The van der Waals surface area contributed by atoms with Crippen LogP contribution in [0.5, 0.6) is 0 Å². The minimum Gasteiger partial charge on any atom is -0.377 e. The number of hydrogen-bond donors (Lipinski definition) is 1. The van der Waals surface area contributed by atoms with Gasteiger partial charge in [-0.2, -0.15) is 0 Å². The fraction of sp³-hybridized carbons (Fsp3) is 0.579. The number of carbonyl (C=O) groups is 1. The maximum Gasteiger partial charge on any atom is 0.213 e. The fourth-order valence-corrected chi connectivity index (χ4v) is 4.94. The molecule has 5 unspecified atom stereocenters. The van der Waals surface area contributed by atoms with Crippen molar-refractivity contribution >= 4 is 17.2 Å². The molecule has 1 aromatic carbocycles. The molecule has 4 aliphatic rings. The van der Waals surface area contributed by atoms with Gasteiger partial charge >= 0.3 is 0 Å². The third kappa shape index (κ3) is 1.86. The van der Waals surface area contributed by atoms with Crippen LogP contribution < -0.4 is 0 Å². The van der Waals surface area contributed by atoms with Gasteiger partial charge in [-0.3, -0.25) is 9.69 Å². The van der Waals surface area contributed by atoms with Crippen molar-refractivity contribution in [3.63, 3.8) is 0 Å². The van der Waals surface area contributed by atoms with Gasteiger partial charge in [0, 0.05) is 43.5 Å². The van der Waals surface area contributed by atoms with E-state index in [1.165, 1.54) is 0 Å². The smallest absolute Gasteiger partial charge is 0.213 e. The Hall–Kier alpha value is -1.56. The van der Waals surface area contributed by atoms with E-state index in [2.05, 4.69) is 16.8 Å². The number of para-hydroxylation sites is 1. The SMILES string of the molecule is CCC12CC3=Nc4ccccc4C(O)(CCN(CC4OC41)C2)C3=O. The van der Waals surface area contributed by atoms with Crippen LogP contribution in [0.25, 0.3) is 0 Å². The Bertz CT molecular complexity index is 761. The molecule has 4 heterocycles. The number of benzene rings is 1. The van der Waals surface area contributed by atoms with Crippen LogP contribution in [0.3, 0.4) is 0 Å². The first kappa shape index (κ1) is 14.8. The Morgan fingerprint density at radius 1 is 1.42 bits per heavy atom. The number of rotatable bonds is 1. The summed E-state index contributed by atoms with van der Waals surface area (Å²) in [5.41, 5.74) is 0.417. The number of Topliss-reactive ketones (excluding diaryl/α,β-unsaturated/α-hetero) is 1. The van der Waals surface area contributed by atoms with Crippen molar-refractivity contribution < 1.29 is 14.6 Å². The van der Waals surface area contributed by atoms with E-state index in [4.69, 9.17) is 4.74 Å². The monoisotopic (exact) mass is 326 g/mol. The molecule has 1 N–H and O–H groups in total. The number of carbonyl (C=O) groups excluding carboxylic acids is 1. The van der Waals surface area contributed by atoms with E-state index >= 15 is 0 Å². The van der Waals surface area contributed by atoms with E-state index in [9.17, 15) is 9.90 Å². The standard InChI is InChI=1S/C19H22N2O3/c1-2-18-9-14-16(22)19(23,12-5-3-4-6-13(12)20-14)7-8-21(11-18)10-15-17(18)24-15/h3-6,15,17,23H,2,7-11H2,1H3. The summed E-state index contributed by atoms with van der Waals surface area (Å²) in [6, 6.07) is 7.51. The van der Waals surface area contributed by atoms with Crippen LogP contribution in [0.1, 0.15) is 31.7 Å². The molecule has 0 saturated carbocycles. The normalized spacial score (nSPS) is 42.8. The van der Waals surface area contributed by atoms with E-state index in [-0.39, 0.29) is 23.4 Å². The Labute approximate surface area is 141 Å². The molecule has 0 aliphatic carbocycles. The lowest BCUT2D eigenvalue weighted by atomic mass is 9.71. The Morgan fingerprint density at radius 2 is 2.25 bits per heavy atom. The molecule has 3 saturated heterocycles. The first-order valence-electron chi connectivity index (χ1n) is 8.88. The fourth-order valence-electron chi connectivity index (χ4n) is 4.94. The van der Waals surface area contributed by atoms with Crippen molar-refractivity contribution in [2.45, 2.75) is 44.0 Å². The number of fused-ring (bicyclic) bond motifs is 8. The Balaban J connectivity index is 1.67. The molecule has 126 valence electrons. The molecule has 1 aromatic rings. The van der Waals surface area contributed by atoms with Gasteiger partial charge in [0.05, 0.1) is 23.6 Å². The summed E-state index contributed by atoms with van der Waals surface area (Å²) in [6.45, 7) is 4.71. The molecule has 0 amide bonds. The summed E-state index contributed by atoms with van der Waals surface area (Å²) in [5.74, 6) is -0.208. The van der Waals surface area contributed by atoms with Crippen LogP contribution in [0.15, 0.2) is 29.3 Å².